The van der Waals surface area contributed by atoms with Crippen LogP contribution in [0.25, 0.3) is 11.0 Å². The fourth-order valence-corrected chi connectivity index (χ4v) is 2.09. The van der Waals surface area contributed by atoms with E-state index in [-0.39, 0.29) is 6.04 Å². The molecule has 2 rings (SSSR count). The molecule has 0 bridgehead atoms. The largest absolute Gasteiger partial charge is 0.458 e. The molecule has 1 aromatic heterocycles. The molecule has 1 atom stereocenters. The topological polar surface area (TPSA) is 43.6 Å². The van der Waals surface area contributed by atoms with Crippen molar-refractivity contribution < 1.29 is 13.9 Å². The molecule has 0 aliphatic heterocycles. The van der Waals surface area contributed by atoms with Crippen molar-refractivity contribution in [1.82, 2.24) is 5.32 Å². The summed E-state index contributed by atoms with van der Waals surface area (Å²) in [6.07, 6.45) is 0. The summed E-state index contributed by atoms with van der Waals surface area (Å²) in [5.74, 6) is 0.822. The van der Waals surface area contributed by atoms with Crippen molar-refractivity contribution in [2.24, 2.45) is 0 Å². The van der Waals surface area contributed by atoms with Crippen molar-refractivity contribution in [3.8, 4) is 0 Å². The Bertz CT molecular complexity index is 526. The van der Waals surface area contributed by atoms with Crippen molar-refractivity contribution in [2.45, 2.75) is 6.04 Å². The monoisotopic (exact) mass is 283 g/mol. The molecular weight excluding hydrogens is 266 g/mol. The Morgan fingerprint density at radius 3 is 2.89 bits per heavy atom. The summed E-state index contributed by atoms with van der Waals surface area (Å²) in [5, 5.41) is 4.80. The van der Waals surface area contributed by atoms with Gasteiger partial charge >= 0.3 is 0 Å². The van der Waals surface area contributed by atoms with Crippen molar-refractivity contribution in [3.63, 3.8) is 0 Å². The van der Waals surface area contributed by atoms with Gasteiger partial charge in [0.1, 0.15) is 5.76 Å². The SMILES string of the molecule is CNC(COCCOC)c1cc2cccc(Cl)c2o1. The number of hydrogen-bond donors (Lipinski definition) is 1. The second-order valence-corrected chi connectivity index (χ2v) is 4.62. The number of likely N-dealkylation sites (N-methyl/N-ethyl adjacent to an activating group) is 1. The first kappa shape index (κ1) is 14.3. The van der Waals surface area contributed by atoms with Crippen LogP contribution in [-0.2, 0) is 9.47 Å². The van der Waals surface area contributed by atoms with Crippen LogP contribution < -0.4 is 5.32 Å². The zero-order valence-electron chi connectivity index (χ0n) is 11.1. The first-order valence-corrected chi connectivity index (χ1v) is 6.56. The predicted octanol–water partition coefficient (Wildman–Crippen LogP) is 3.01. The average Bonchev–Trinajstić information content (AvgIpc) is 2.84. The van der Waals surface area contributed by atoms with E-state index in [4.69, 9.17) is 25.5 Å². The third-order valence-electron chi connectivity index (χ3n) is 2.92. The van der Waals surface area contributed by atoms with E-state index in [1.54, 1.807) is 7.11 Å². The highest BCUT2D eigenvalue weighted by atomic mass is 35.5. The highest BCUT2D eigenvalue weighted by Gasteiger charge is 2.15. The number of halogens is 1. The first-order chi connectivity index (χ1) is 9.26. The second kappa shape index (κ2) is 6.91. The van der Waals surface area contributed by atoms with Crippen LogP contribution in [0.15, 0.2) is 28.7 Å². The predicted molar refractivity (Wildman–Crippen MR) is 75.7 cm³/mol. The maximum absolute atomic E-state index is 6.10. The Morgan fingerprint density at radius 1 is 1.37 bits per heavy atom. The Morgan fingerprint density at radius 2 is 2.21 bits per heavy atom. The summed E-state index contributed by atoms with van der Waals surface area (Å²) >= 11 is 6.10. The fourth-order valence-electron chi connectivity index (χ4n) is 1.87. The van der Waals surface area contributed by atoms with E-state index in [9.17, 15) is 0 Å². The van der Waals surface area contributed by atoms with Gasteiger partial charge in [-0.05, 0) is 19.2 Å². The number of methoxy groups -OCH3 is 1. The molecular formula is C14H18ClNO3. The number of nitrogens with one attached hydrogen (secondary N) is 1. The summed E-state index contributed by atoms with van der Waals surface area (Å²) < 4.78 is 16.3. The van der Waals surface area contributed by atoms with Gasteiger partial charge in [-0.3, -0.25) is 0 Å². The molecule has 1 N–H and O–H groups in total. The first-order valence-electron chi connectivity index (χ1n) is 6.18. The summed E-state index contributed by atoms with van der Waals surface area (Å²) in [7, 11) is 3.53. The molecule has 5 heteroatoms. The molecule has 4 nitrogen and oxygen atoms in total. The van der Waals surface area contributed by atoms with Crippen LogP contribution in [0.2, 0.25) is 5.02 Å². The number of ether oxygens (including phenoxy) is 2. The molecule has 1 aromatic carbocycles. The minimum absolute atomic E-state index is 0.000299. The van der Waals surface area contributed by atoms with Gasteiger partial charge in [-0.2, -0.15) is 0 Å². The number of para-hydroxylation sites is 1. The van der Waals surface area contributed by atoms with Crippen LogP contribution in [0.4, 0.5) is 0 Å². The van der Waals surface area contributed by atoms with Crippen molar-refractivity contribution in [3.05, 3.63) is 35.0 Å². The Labute approximate surface area is 117 Å². The number of benzene rings is 1. The zero-order chi connectivity index (χ0) is 13.7. The van der Waals surface area contributed by atoms with E-state index in [0.717, 1.165) is 16.7 Å². The Hall–Kier alpha value is -1.07. The van der Waals surface area contributed by atoms with Crippen LogP contribution in [0.5, 0.6) is 0 Å². The van der Waals surface area contributed by atoms with Gasteiger partial charge in [0.2, 0.25) is 0 Å². The van der Waals surface area contributed by atoms with Crippen LogP contribution >= 0.6 is 11.6 Å². The molecule has 19 heavy (non-hydrogen) atoms. The van der Waals surface area contributed by atoms with Crippen molar-refractivity contribution >= 4 is 22.6 Å². The van der Waals surface area contributed by atoms with E-state index in [1.165, 1.54) is 0 Å². The molecule has 0 saturated heterocycles. The molecule has 1 heterocycles. The number of rotatable bonds is 7. The van der Waals surface area contributed by atoms with Crippen LogP contribution in [0, 0.1) is 0 Å². The number of fused-ring (bicyclic) bond motifs is 1. The third kappa shape index (κ3) is 3.48. The molecule has 1 unspecified atom stereocenters. The van der Waals surface area contributed by atoms with Gasteiger partial charge in [0.15, 0.2) is 5.58 Å². The Balaban J connectivity index is 2.10. The van der Waals surface area contributed by atoms with Gasteiger partial charge < -0.3 is 19.2 Å². The van der Waals surface area contributed by atoms with Crippen molar-refractivity contribution in [1.29, 1.82) is 0 Å². The van der Waals surface area contributed by atoms with Crippen LogP contribution in [-0.4, -0.2) is 34.0 Å². The highest BCUT2D eigenvalue weighted by molar-refractivity contribution is 6.34. The normalized spacial score (nSPS) is 13.0. The lowest BCUT2D eigenvalue weighted by atomic mass is 10.2. The highest BCUT2D eigenvalue weighted by Crippen LogP contribution is 2.29. The van der Waals surface area contributed by atoms with Gasteiger partial charge in [0.05, 0.1) is 30.9 Å². The summed E-state index contributed by atoms with van der Waals surface area (Å²) in [5.41, 5.74) is 0.719. The van der Waals surface area contributed by atoms with E-state index < -0.39 is 0 Å². The molecule has 0 spiro atoms. The van der Waals surface area contributed by atoms with Gasteiger partial charge in [0.25, 0.3) is 0 Å². The molecule has 0 amide bonds. The molecule has 2 aromatic rings. The molecule has 0 aliphatic rings. The van der Waals surface area contributed by atoms with Gasteiger partial charge in [-0.25, -0.2) is 0 Å². The molecule has 0 fully saturated rings. The zero-order valence-corrected chi connectivity index (χ0v) is 11.9. The van der Waals surface area contributed by atoms with Gasteiger partial charge in [-0.1, -0.05) is 23.7 Å². The van der Waals surface area contributed by atoms with Crippen molar-refractivity contribution in [2.75, 3.05) is 34.0 Å². The molecule has 104 valence electrons. The maximum Gasteiger partial charge on any atom is 0.152 e. The molecule has 0 radical (unpaired) electrons. The van der Waals surface area contributed by atoms with Crippen LogP contribution in [0.3, 0.4) is 0 Å². The minimum atomic E-state index is 0.000299. The van der Waals surface area contributed by atoms with Gasteiger partial charge in [-0.15, -0.1) is 0 Å². The quantitative estimate of drug-likeness (QED) is 0.793. The summed E-state index contributed by atoms with van der Waals surface area (Å²) in [4.78, 5) is 0. The third-order valence-corrected chi connectivity index (χ3v) is 3.22. The van der Waals surface area contributed by atoms with Crippen LogP contribution in [0.1, 0.15) is 11.8 Å². The number of hydrogen-bond acceptors (Lipinski definition) is 4. The Kier molecular flexibility index (Phi) is 5.22. The average molecular weight is 284 g/mol. The fraction of sp³-hybridized carbons (Fsp3) is 0.429. The molecule has 0 aliphatic carbocycles. The van der Waals surface area contributed by atoms with E-state index in [2.05, 4.69) is 5.32 Å². The maximum atomic E-state index is 6.10. The lowest BCUT2D eigenvalue weighted by Crippen LogP contribution is -2.22. The summed E-state index contributed by atoms with van der Waals surface area (Å²) in [6, 6.07) is 7.70. The van der Waals surface area contributed by atoms with E-state index >= 15 is 0 Å². The number of furan rings is 1. The second-order valence-electron chi connectivity index (χ2n) is 4.22. The standard InChI is InChI=1S/C14H18ClNO3/c1-16-12(9-18-7-6-17-2)13-8-10-4-3-5-11(15)14(10)19-13/h3-5,8,12,16H,6-7,9H2,1-2H3. The van der Waals surface area contributed by atoms with Gasteiger partial charge in [0, 0.05) is 12.5 Å². The molecule has 0 saturated carbocycles. The lowest BCUT2D eigenvalue weighted by Gasteiger charge is -2.13. The van der Waals surface area contributed by atoms with E-state index in [0.29, 0.717) is 24.8 Å². The lowest BCUT2D eigenvalue weighted by molar-refractivity contribution is 0.0569. The van der Waals surface area contributed by atoms with E-state index in [1.807, 2.05) is 31.3 Å². The smallest absolute Gasteiger partial charge is 0.152 e. The summed E-state index contributed by atoms with van der Waals surface area (Å²) in [6.45, 7) is 1.68. The minimum Gasteiger partial charge on any atom is -0.458 e.